The van der Waals surface area contributed by atoms with Gasteiger partial charge in [0.25, 0.3) is 0 Å². The second kappa shape index (κ2) is 11.2. The van der Waals surface area contributed by atoms with E-state index in [-0.39, 0.29) is 11.1 Å². The number of carbonyl (C=O) groups is 1. The van der Waals surface area contributed by atoms with Gasteiger partial charge in [-0.05, 0) is 47.0 Å². The van der Waals surface area contributed by atoms with Gasteiger partial charge in [0.2, 0.25) is 6.41 Å². The van der Waals surface area contributed by atoms with Gasteiger partial charge >= 0.3 is 0 Å². The topological polar surface area (TPSA) is 32.3 Å². The van der Waals surface area contributed by atoms with Crippen molar-refractivity contribution in [2.24, 2.45) is 0 Å². The Morgan fingerprint density at radius 2 is 1.28 bits per heavy atom. The van der Waals surface area contributed by atoms with E-state index in [1.165, 1.54) is 57.8 Å². The minimum atomic E-state index is 0.103. The zero-order valence-electron chi connectivity index (χ0n) is 17.7. The minimum Gasteiger partial charge on any atom is -0.342 e. The zero-order valence-corrected chi connectivity index (χ0v) is 17.7. The molecule has 1 aliphatic heterocycles. The summed E-state index contributed by atoms with van der Waals surface area (Å²) in [6.07, 6.45) is 16.6. The van der Waals surface area contributed by atoms with Crippen molar-refractivity contribution in [2.75, 3.05) is 6.54 Å². The molecule has 0 aromatic rings. The minimum absolute atomic E-state index is 0.103. The number of unbranched alkanes of at least 4 members (excludes halogenated alkanes) is 9. The van der Waals surface area contributed by atoms with Gasteiger partial charge in [0, 0.05) is 23.7 Å². The molecule has 0 spiro atoms. The number of rotatable bonds is 13. The van der Waals surface area contributed by atoms with Gasteiger partial charge in [-0.25, -0.2) is 0 Å². The molecule has 25 heavy (non-hydrogen) atoms. The van der Waals surface area contributed by atoms with Gasteiger partial charge in [-0.15, -0.1) is 0 Å². The van der Waals surface area contributed by atoms with E-state index in [0.29, 0.717) is 6.04 Å². The first-order chi connectivity index (χ1) is 11.8. The fraction of sp³-hybridized carbons (Fsp3) is 0.955. The summed E-state index contributed by atoms with van der Waals surface area (Å²) >= 11 is 0. The summed E-state index contributed by atoms with van der Waals surface area (Å²) in [5.74, 6) is 0. The van der Waals surface area contributed by atoms with Gasteiger partial charge in [-0.2, -0.15) is 0 Å². The fourth-order valence-corrected chi connectivity index (χ4v) is 4.61. The van der Waals surface area contributed by atoms with Crippen molar-refractivity contribution in [3.8, 4) is 0 Å². The molecule has 1 rings (SSSR count). The van der Waals surface area contributed by atoms with Crippen LogP contribution in [-0.2, 0) is 4.79 Å². The number of piperidine rings is 1. The number of amides is 1. The first kappa shape index (κ1) is 22.5. The molecular weight excluding hydrogens is 308 g/mol. The standard InChI is InChI=1S/C22H44N2O/c1-6-7-8-9-10-11-12-13-14-15-16-24(19-25)20-17-21(2,3)23-22(4,5)18-20/h19-20,23H,6-18H2,1-5H3. The Bertz CT molecular complexity index is 349. The maximum absolute atomic E-state index is 11.6. The van der Waals surface area contributed by atoms with Gasteiger partial charge in [0.05, 0.1) is 0 Å². The van der Waals surface area contributed by atoms with Gasteiger partial charge in [-0.3, -0.25) is 4.79 Å². The Morgan fingerprint density at radius 3 is 1.72 bits per heavy atom. The summed E-state index contributed by atoms with van der Waals surface area (Å²) in [6, 6.07) is 0.377. The number of nitrogens with one attached hydrogen (secondary N) is 1. The normalized spacial score (nSPS) is 19.7. The lowest BCUT2D eigenvalue weighted by molar-refractivity contribution is -0.122. The Kier molecular flexibility index (Phi) is 10.1. The molecule has 0 radical (unpaired) electrons. The van der Waals surface area contributed by atoms with E-state index in [1.807, 2.05) is 0 Å². The molecule has 3 heteroatoms. The van der Waals surface area contributed by atoms with Crippen LogP contribution in [0.4, 0.5) is 0 Å². The average molecular weight is 353 g/mol. The molecule has 0 unspecified atom stereocenters. The molecule has 0 aliphatic carbocycles. The van der Waals surface area contributed by atoms with Crippen LogP contribution in [-0.4, -0.2) is 35.0 Å². The largest absolute Gasteiger partial charge is 0.342 e. The Labute approximate surface area is 157 Å². The molecule has 0 saturated carbocycles. The molecule has 1 aliphatic rings. The lowest BCUT2D eigenvalue weighted by Crippen LogP contribution is -2.62. The third-order valence-corrected chi connectivity index (χ3v) is 5.54. The second-order valence-corrected chi connectivity index (χ2v) is 9.48. The molecule has 0 aromatic heterocycles. The number of hydrogen-bond donors (Lipinski definition) is 1. The number of carbonyl (C=O) groups excluding carboxylic acids is 1. The van der Waals surface area contributed by atoms with Gasteiger partial charge < -0.3 is 10.2 Å². The van der Waals surface area contributed by atoms with Crippen molar-refractivity contribution in [3.05, 3.63) is 0 Å². The highest BCUT2D eigenvalue weighted by molar-refractivity contribution is 5.48. The first-order valence-electron chi connectivity index (χ1n) is 10.8. The molecule has 0 aromatic carbocycles. The van der Waals surface area contributed by atoms with Gasteiger partial charge in [0.1, 0.15) is 0 Å². The molecule has 148 valence electrons. The van der Waals surface area contributed by atoms with Gasteiger partial charge in [-0.1, -0.05) is 64.7 Å². The van der Waals surface area contributed by atoms with E-state index in [2.05, 4.69) is 44.8 Å². The van der Waals surface area contributed by atoms with Crippen LogP contribution in [0.25, 0.3) is 0 Å². The van der Waals surface area contributed by atoms with Crippen LogP contribution in [0.5, 0.6) is 0 Å². The SMILES string of the molecule is CCCCCCCCCCCCN(C=O)C1CC(C)(C)NC(C)(C)C1. The molecule has 0 bridgehead atoms. The lowest BCUT2D eigenvalue weighted by atomic mass is 9.79. The van der Waals surface area contributed by atoms with Crippen molar-refractivity contribution in [1.82, 2.24) is 10.2 Å². The smallest absolute Gasteiger partial charge is 0.209 e. The van der Waals surface area contributed by atoms with Crippen LogP contribution < -0.4 is 5.32 Å². The molecule has 1 amide bonds. The average Bonchev–Trinajstić information content (AvgIpc) is 2.49. The van der Waals surface area contributed by atoms with Crippen LogP contribution in [0.15, 0.2) is 0 Å². The second-order valence-electron chi connectivity index (χ2n) is 9.48. The summed E-state index contributed by atoms with van der Waals surface area (Å²) in [4.78, 5) is 13.7. The van der Waals surface area contributed by atoms with Crippen molar-refractivity contribution >= 4 is 6.41 Å². The highest BCUT2D eigenvalue weighted by Crippen LogP contribution is 2.31. The van der Waals surface area contributed by atoms with E-state index in [4.69, 9.17) is 0 Å². The van der Waals surface area contributed by atoms with Crippen LogP contribution in [0.2, 0.25) is 0 Å². The molecular formula is C22H44N2O. The first-order valence-corrected chi connectivity index (χ1v) is 10.8. The summed E-state index contributed by atoms with van der Waals surface area (Å²) in [6.45, 7) is 12.2. The molecule has 1 heterocycles. The van der Waals surface area contributed by atoms with Crippen molar-refractivity contribution < 1.29 is 4.79 Å². The predicted octanol–water partition coefficient (Wildman–Crippen LogP) is 5.67. The highest BCUT2D eigenvalue weighted by atomic mass is 16.1. The van der Waals surface area contributed by atoms with Crippen LogP contribution in [0.1, 0.15) is 112 Å². The molecule has 0 atom stereocenters. The summed E-state index contributed by atoms with van der Waals surface area (Å²) in [5, 5.41) is 3.71. The van der Waals surface area contributed by atoms with Crippen molar-refractivity contribution in [2.45, 2.75) is 129 Å². The lowest BCUT2D eigenvalue weighted by Gasteiger charge is -2.49. The van der Waals surface area contributed by atoms with E-state index in [0.717, 1.165) is 32.2 Å². The highest BCUT2D eigenvalue weighted by Gasteiger charge is 2.39. The summed E-state index contributed by atoms with van der Waals surface area (Å²) in [7, 11) is 0. The van der Waals surface area contributed by atoms with E-state index in [1.54, 1.807) is 0 Å². The zero-order chi connectivity index (χ0) is 18.8. The maximum atomic E-state index is 11.6. The van der Waals surface area contributed by atoms with E-state index >= 15 is 0 Å². The quantitative estimate of drug-likeness (QED) is 0.342. The van der Waals surface area contributed by atoms with Crippen LogP contribution in [0, 0.1) is 0 Å². The summed E-state index contributed by atoms with van der Waals surface area (Å²) < 4.78 is 0. The molecule has 3 nitrogen and oxygen atoms in total. The molecule has 1 saturated heterocycles. The van der Waals surface area contributed by atoms with Gasteiger partial charge in [0.15, 0.2) is 0 Å². The third kappa shape index (κ3) is 9.63. The maximum Gasteiger partial charge on any atom is 0.209 e. The third-order valence-electron chi connectivity index (χ3n) is 5.54. The Morgan fingerprint density at radius 1 is 0.840 bits per heavy atom. The van der Waals surface area contributed by atoms with Crippen LogP contribution >= 0.6 is 0 Å². The Hall–Kier alpha value is -0.570. The Balaban J connectivity index is 2.18. The van der Waals surface area contributed by atoms with Crippen LogP contribution in [0.3, 0.4) is 0 Å². The van der Waals surface area contributed by atoms with Crippen molar-refractivity contribution in [3.63, 3.8) is 0 Å². The van der Waals surface area contributed by atoms with E-state index in [9.17, 15) is 4.79 Å². The predicted molar refractivity (Wildman–Crippen MR) is 109 cm³/mol. The number of nitrogens with zero attached hydrogens (tertiary/aromatic N) is 1. The number of hydrogen-bond acceptors (Lipinski definition) is 2. The molecule has 1 fully saturated rings. The van der Waals surface area contributed by atoms with Crippen molar-refractivity contribution in [1.29, 1.82) is 0 Å². The summed E-state index contributed by atoms with van der Waals surface area (Å²) in [5.41, 5.74) is 0.205. The van der Waals surface area contributed by atoms with E-state index < -0.39 is 0 Å². The monoisotopic (exact) mass is 352 g/mol. The fourth-order valence-electron chi connectivity index (χ4n) is 4.61. The molecule has 1 N–H and O–H groups in total.